The van der Waals surface area contributed by atoms with E-state index in [9.17, 15) is 10.1 Å². The van der Waals surface area contributed by atoms with Crippen LogP contribution in [-0.4, -0.2) is 18.0 Å². The molecule has 0 radical (unpaired) electrons. The molecule has 0 aliphatic heterocycles. The summed E-state index contributed by atoms with van der Waals surface area (Å²) in [7, 11) is 0. The van der Waals surface area contributed by atoms with Gasteiger partial charge in [-0.25, -0.2) is 0 Å². The molecule has 0 heterocycles. The highest BCUT2D eigenvalue weighted by molar-refractivity contribution is 7.99. The van der Waals surface area contributed by atoms with Crippen LogP contribution in [0, 0.1) is 17.2 Å². The van der Waals surface area contributed by atoms with Crippen LogP contribution < -0.4 is 10.6 Å². The summed E-state index contributed by atoms with van der Waals surface area (Å²) in [6.07, 6.45) is 0. The van der Waals surface area contributed by atoms with Crippen molar-refractivity contribution in [2.24, 2.45) is 5.92 Å². The molecule has 0 saturated heterocycles. The van der Waals surface area contributed by atoms with Gasteiger partial charge in [0.1, 0.15) is 5.54 Å². The number of anilines is 1. The molecule has 0 fully saturated rings. The van der Waals surface area contributed by atoms with Crippen LogP contribution in [-0.2, 0) is 4.79 Å². The van der Waals surface area contributed by atoms with Gasteiger partial charge >= 0.3 is 0 Å². The number of carbonyl (C=O) groups excluding carboxylic acids is 1. The first kappa shape index (κ1) is 18.9. The molecule has 4 nitrogen and oxygen atoms in total. The van der Waals surface area contributed by atoms with Crippen molar-refractivity contribution in [3.8, 4) is 6.07 Å². The zero-order valence-electron chi connectivity index (χ0n) is 14.7. The number of hydrogen-bond donors (Lipinski definition) is 2. The van der Waals surface area contributed by atoms with Crippen LogP contribution >= 0.6 is 11.8 Å². The first-order chi connectivity index (χ1) is 11.9. The lowest BCUT2D eigenvalue weighted by Gasteiger charge is -2.27. The molecule has 0 aliphatic carbocycles. The Bertz CT molecular complexity index is 755. The Labute approximate surface area is 153 Å². The summed E-state index contributed by atoms with van der Waals surface area (Å²) in [5.41, 5.74) is 0.0339. The molecule has 2 aromatic rings. The summed E-state index contributed by atoms with van der Waals surface area (Å²) in [5, 5.41) is 15.3. The van der Waals surface area contributed by atoms with Crippen LogP contribution in [0.2, 0.25) is 0 Å². The maximum absolute atomic E-state index is 12.2. The zero-order chi connectivity index (χ0) is 18.3. The van der Waals surface area contributed by atoms with E-state index in [-0.39, 0.29) is 18.4 Å². The van der Waals surface area contributed by atoms with E-state index in [1.165, 1.54) is 0 Å². The molecule has 2 aromatic carbocycles. The first-order valence-electron chi connectivity index (χ1n) is 8.22. The van der Waals surface area contributed by atoms with E-state index in [1.807, 2.05) is 56.3 Å². The highest BCUT2D eigenvalue weighted by Gasteiger charge is 2.29. The zero-order valence-corrected chi connectivity index (χ0v) is 15.6. The molecule has 0 unspecified atom stereocenters. The third kappa shape index (κ3) is 5.27. The van der Waals surface area contributed by atoms with Crippen molar-refractivity contribution in [3.63, 3.8) is 0 Å². The Morgan fingerprint density at radius 1 is 1.16 bits per heavy atom. The number of para-hydroxylation sites is 1. The summed E-state index contributed by atoms with van der Waals surface area (Å²) < 4.78 is 0. The van der Waals surface area contributed by atoms with Crippen LogP contribution in [0.1, 0.15) is 20.8 Å². The van der Waals surface area contributed by atoms with E-state index >= 15 is 0 Å². The molecular formula is C20H23N3OS. The first-order valence-corrected chi connectivity index (χ1v) is 9.04. The standard InChI is InChI=1S/C20H23N3OS/c1-15(2)20(3,14-21)23-19(24)13-22-17-11-7-8-12-18(17)25-16-9-5-4-6-10-16/h4-12,15,22H,13H2,1-3H3,(H,23,24)/t20-/m1/s1. The van der Waals surface area contributed by atoms with Crippen LogP contribution in [0.15, 0.2) is 64.4 Å². The van der Waals surface area contributed by atoms with Gasteiger partial charge in [-0.15, -0.1) is 0 Å². The number of rotatable bonds is 7. The molecule has 25 heavy (non-hydrogen) atoms. The Hall–Kier alpha value is -2.45. The molecule has 0 aromatic heterocycles. The minimum absolute atomic E-state index is 0.0300. The van der Waals surface area contributed by atoms with E-state index < -0.39 is 5.54 Å². The van der Waals surface area contributed by atoms with Gasteiger partial charge in [0.25, 0.3) is 0 Å². The molecule has 5 heteroatoms. The monoisotopic (exact) mass is 353 g/mol. The number of hydrogen-bond acceptors (Lipinski definition) is 4. The minimum atomic E-state index is -0.864. The lowest BCUT2D eigenvalue weighted by Crippen LogP contribution is -2.50. The Morgan fingerprint density at radius 3 is 2.44 bits per heavy atom. The van der Waals surface area contributed by atoms with E-state index in [2.05, 4.69) is 28.8 Å². The van der Waals surface area contributed by atoms with Crippen LogP contribution in [0.4, 0.5) is 5.69 Å². The van der Waals surface area contributed by atoms with Gasteiger partial charge in [0, 0.05) is 15.5 Å². The molecule has 0 aliphatic rings. The topological polar surface area (TPSA) is 64.9 Å². The summed E-state index contributed by atoms with van der Waals surface area (Å²) in [4.78, 5) is 14.4. The van der Waals surface area contributed by atoms with E-state index in [4.69, 9.17) is 0 Å². The van der Waals surface area contributed by atoms with Crippen LogP contribution in [0.5, 0.6) is 0 Å². The van der Waals surface area contributed by atoms with Gasteiger partial charge < -0.3 is 10.6 Å². The third-order valence-corrected chi connectivity index (χ3v) is 5.17. The lowest BCUT2D eigenvalue weighted by atomic mass is 9.90. The molecule has 0 bridgehead atoms. The lowest BCUT2D eigenvalue weighted by molar-refractivity contribution is -0.121. The highest BCUT2D eigenvalue weighted by atomic mass is 32.2. The van der Waals surface area contributed by atoms with E-state index in [0.717, 1.165) is 15.5 Å². The van der Waals surface area contributed by atoms with Crippen LogP contribution in [0.25, 0.3) is 0 Å². The summed E-state index contributed by atoms with van der Waals surface area (Å²) in [5.74, 6) is -0.167. The quantitative estimate of drug-likeness (QED) is 0.779. The largest absolute Gasteiger partial charge is 0.375 e. The number of carbonyl (C=O) groups is 1. The Balaban J connectivity index is 2.02. The molecule has 2 N–H and O–H groups in total. The van der Waals surface area contributed by atoms with Crippen molar-refractivity contribution in [3.05, 3.63) is 54.6 Å². The van der Waals surface area contributed by atoms with Gasteiger partial charge in [-0.3, -0.25) is 4.79 Å². The normalized spacial score (nSPS) is 12.9. The minimum Gasteiger partial charge on any atom is -0.375 e. The molecule has 1 atom stereocenters. The number of amides is 1. The maximum atomic E-state index is 12.2. The van der Waals surface area contributed by atoms with Gasteiger partial charge in [0.2, 0.25) is 5.91 Å². The predicted molar refractivity (Wildman–Crippen MR) is 102 cm³/mol. The average molecular weight is 353 g/mol. The Morgan fingerprint density at radius 2 is 1.80 bits per heavy atom. The van der Waals surface area contributed by atoms with Gasteiger partial charge in [0.05, 0.1) is 12.6 Å². The summed E-state index contributed by atoms with van der Waals surface area (Å²) >= 11 is 1.64. The second-order valence-electron chi connectivity index (χ2n) is 6.28. The fourth-order valence-corrected chi connectivity index (χ4v) is 3.07. The smallest absolute Gasteiger partial charge is 0.240 e. The summed E-state index contributed by atoms with van der Waals surface area (Å²) in [6.45, 7) is 5.70. The average Bonchev–Trinajstić information content (AvgIpc) is 2.61. The number of nitriles is 1. The number of nitrogens with zero attached hydrogens (tertiary/aromatic N) is 1. The van der Waals surface area contributed by atoms with Gasteiger partial charge in [-0.1, -0.05) is 55.9 Å². The van der Waals surface area contributed by atoms with Crippen molar-refractivity contribution in [2.45, 2.75) is 36.1 Å². The number of nitrogens with one attached hydrogen (secondary N) is 2. The van der Waals surface area contributed by atoms with Crippen molar-refractivity contribution in [1.82, 2.24) is 5.32 Å². The molecular weight excluding hydrogens is 330 g/mol. The highest BCUT2D eigenvalue weighted by Crippen LogP contribution is 2.33. The summed E-state index contributed by atoms with van der Waals surface area (Å²) in [6, 6.07) is 20.2. The second-order valence-corrected chi connectivity index (χ2v) is 7.40. The van der Waals surface area contributed by atoms with Crippen molar-refractivity contribution in [1.29, 1.82) is 5.26 Å². The fraction of sp³-hybridized carbons (Fsp3) is 0.300. The van der Waals surface area contributed by atoms with Gasteiger partial charge in [-0.2, -0.15) is 5.26 Å². The molecule has 130 valence electrons. The third-order valence-electron chi connectivity index (χ3n) is 4.08. The van der Waals surface area contributed by atoms with Gasteiger partial charge in [0.15, 0.2) is 0 Å². The van der Waals surface area contributed by atoms with Crippen molar-refractivity contribution >= 4 is 23.4 Å². The van der Waals surface area contributed by atoms with Crippen LogP contribution in [0.3, 0.4) is 0 Å². The SMILES string of the molecule is CC(C)[C@@](C)(C#N)NC(=O)CNc1ccccc1Sc1ccccc1. The number of benzene rings is 2. The molecule has 0 saturated carbocycles. The molecule has 2 rings (SSSR count). The Kier molecular flexibility index (Phi) is 6.49. The van der Waals surface area contributed by atoms with E-state index in [0.29, 0.717) is 0 Å². The molecule has 0 spiro atoms. The van der Waals surface area contributed by atoms with E-state index in [1.54, 1.807) is 18.7 Å². The van der Waals surface area contributed by atoms with Crippen molar-refractivity contribution in [2.75, 3.05) is 11.9 Å². The van der Waals surface area contributed by atoms with Gasteiger partial charge in [-0.05, 0) is 37.1 Å². The predicted octanol–water partition coefficient (Wildman–Crippen LogP) is 4.30. The molecule has 1 amide bonds. The van der Waals surface area contributed by atoms with Crippen molar-refractivity contribution < 1.29 is 4.79 Å². The maximum Gasteiger partial charge on any atom is 0.240 e. The second kappa shape index (κ2) is 8.59. The fourth-order valence-electron chi connectivity index (χ4n) is 2.13.